The number of hydrogen-bond donors (Lipinski definition) is 1. The molecule has 2 rings (SSSR count). The molecule has 1 aromatic heterocycles. The average Bonchev–Trinajstić information content (AvgIpc) is 2.78. The molecule has 2 aromatic rings. The predicted octanol–water partition coefficient (Wildman–Crippen LogP) is 1.86. The van der Waals surface area contributed by atoms with E-state index in [-0.39, 0.29) is 0 Å². The first-order valence-electron chi connectivity index (χ1n) is 6.11. The van der Waals surface area contributed by atoms with Crippen LogP contribution in [0.15, 0.2) is 18.2 Å². The van der Waals surface area contributed by atoms with Gasteiger partial charge in [0.05, 0.1) is 11.2 Å². The van der Waals surface area contributed by atoms with Crippen molar-refractivity contribution in [3.05, 3.63) is 35.2 Å². The maximum Gasteiger partial charge on any atom is 0.176 e. The van der Waals surface area contributed by atoms with Crippen LogP contribution in [0.25, 0.3) is 5.69 Å². The lowest BCUT2D eigenvalue weighted by molar-refractivity contribution is 0.433. The Balaban J connectivity index is 2.63. The molecule has 0 radical (unpaired) electrons. The Labute approximate surface area is 107 Å². The molecule has 5 heteroatoms. The molecule has 0 saturated carbocycles. The molecule has 1 heterocycles. The van der Waals surface area contributed by atoms with E-state index in [4.69, 9.17) is 5.73 Å². The van der Waals surface area contributed by atoms with Crippen molar-refractivity contribution in [1.82, 2.24) is 20.2 Å². The van der Waals surface area contributed by atoms with E-state index in [2.05, 4.69) is 15.5 Å². The third kappa shape index (κ3) is 2.01. The fraction of sp³-hybridized carbons (Fsp3) is 0.462. The first-order chi connectivity index (χ1) is 8.47. The Bertz CT molecular complexity index is 536. The minimum atomic E-state index is -0.530. The smallest absolute Gasteiger partial charge is 0.176 e. The number of aryl methyl sites for hydroxylation is 2. The Morgan fingerprint density at radius 1 is 1.28 bits per heavy atom. The van der Waals surface area contributed by atoms with Crippen LogP contribution in [0.5, 0.6) is 0 Å². The molecule has 0 amide bonds. The molecule has 0 bridgehead atoms. The molecule has 2 N–H and O–H groups in total. The third-order valence-electron chi connectivity index (χ3n) is 3.37. The summed E-state index contributed by atoms with van der Waals surface area (Å²) in [7, 11) is 0. The Morgan fingerprint density at radius 3 is 2.44 bits per heavy atom. The second-order valence-corrected chi connectivity index (χ2v) is 4.93. The van der Waals surface area contributed by atoms with Crippen LogP contribution in [-0.4, -0.2) is 20.2 Å². The Kier molecular flexibility index (Phi) is 3.17. The monoisotopic (exact) mass is 245 g/mol. The lowest BCUT2D eigenvalue weighted by Crippen LogP contribution is -2.35. The van der Waals surface area contributed by atoms with E-state index >= 15 is 0 Å². The minimum Gasteiger partial charge on any atom is -0.319 e. The first kappa shape index (κ1) is 12.7. The molecular weight excluding hydrogens is 226 g/mol. The summed E-state index contributed by atoms with van der Waals surface area (Å²) in [5, 5.41) is 12.0. The molecule has 0 aliphatic rings. The van der Waals surface area contributed by atoms with Crippen molar-refractivity contribution in [2.45, 2.75) is 39.7 Å². The maximum absolute atomic E-state index is 6.26. The Hall–Kier alpha value is -1.75. The summed E-state index contributed by atoms with van der Waals surface area (Å²) < 4.78 is 1.76. The highest BCUT2D eigenvalue weighted by Gasteiger charge is 2.27. The molecule has 1 atom stereocenters. The van der Waals surface area contributed by atoms with Crippen molar-refractivity contribution in [3.63, 3.8) is 0 Å². The number of rotatable bonds is 3. The van der Waals surface area contributed by atoms with Crippen molar-refractivity contribution < 1.29 is 0 Å². The van der Waals surface area contributed by atoms with Gasteiger partial charge in [0.15, 0.2) is 5.82 Å². The lowest BCUT2D eigenvalue weighted by atomic mass is 9.99. The van der Waals surface area contributed by atoms with Gasteiger partial charge in [0, 0.05) is 0 Å². The normalized spacial score (nSPS) is 14.5. The first-order valence-corrected chi connectivity index (χ1v) is 6.11. The zero-order valence-corrected chi connectivity index (χ0v) is 11.3. The van der Waals surface area contributed by atoms with Crippen molar-refractivity contribution in [2.75, 3.05) is 0 Å². The number of hydrogen-bond acceptors (Lipinski definition) is 4. The van der Waals surface area contributed by atoms with Crippen LogP contribution in [0, 0.1) is 13.8 Å². The molecule has 0 saturated heterocycles. The molecule has 1 unspecified atom stereocenters. The van der Waals surface area contributed by atoms with E-state index in [0.717, 1.165) is 23.2 Å². The van der Waals surface area contributed by atoms with Gasteiger partial charge in [0.2, 0.25) is 0 Å². The summed E-state index contributed by atoms with van der Waals surface area (Å²) in [5.41, 5.74) is 9.01. The van der Waals surface area contributed by atoms with Crippen molar-refractivity contribution in [1.29, 1.82) is 0 Å². The maximum atomic E-state index is 6.26. The zero-order chi connectivity index (χ0) is 13.3. The summed E-state index contributed by atoms with van der Waals surface area (Å²) >= 11 is 0. The van der Waals surface area contributed by atoms with Crippen LogP contribution in [-0.2, 0) is 5.54 Å². The number of benzene rings is 1. The van der Waals surface area contributed by atoms with E-state index in [1.807, 2.05) is 45.9 Å². The highest BCUT2D eigenvalue weighted by atomic mass is 15.5. The fourth-order valence-electron chi connectivity index (χ4n) is 1.99. The van der Waals surface area contributed by atoms with Gasteiger partial charge in [0.25, 0.3) is 0 Å². The van der Waals surface area contributed by atoms with E-state index in [9.17, 15) is 0 Å². The zero-order valence-electron chi connectivity index (χ0n) is 11.3. The SMILES string of the molecule is CCC(C)(N)c1nnnn1-c1c(C)cccc1C. The van der Waals surface area contributed by atoms with Crippen LogP contribution < -0.4 is 5.73 Å². The van der Waals surface area contributed by atoms with Gasteiger partial charge in [-0.1, -0.05) is 25.1 Å². The number of nitrogens with zero attached hydrogens (tertiary/aromatic N) is 4. The topological polar surface area (TPSA) is 69.6 Å². The van der Waals surface area contributed by atoms with Gasteiger partial charge in [-0.15, -0.1) is 5.10 Å². The quantitative estimate of drug-likeness (QED) is 0.896. The molecule has 18 heavy (non-hydrogen) atoms. The second-order valence-electron chi connectivity index (χ2n) is 4.93. The lowest BCUT2D eigenvalue weighted by Gasteiger charge is -2.22. The van der Waals surface area contributed by atoms with Crippen LogP contribution in [0.2, 0.25) is 0 Å². The van der Waals surface area contributed by atoms with Crippen LogP contribution in [0.1, 0.15) is 37.2 Å². The summed E-state index contributed by atoms with van der Waals surface area (Å²) in [4.78, 5) is 0. The second kappa shape index (κ2) is 4.49. The molecule has 96 valence electrons. The predicted molar refractivity (Wildman–Crippen MR) is 70.5 cm³/mol. The van der Waals surface area contributed by atoms with Gasteiger partial charge < -0.3 is 5.73 Å². The summed E-state index contributed by atoms with van der Waals surface area (Å²) in [6.45, 7) is 8.08. The summed E-state index contributed by atoms with van der Waals surface area (Å²) in [6.07, 6.45) is 0.776. The van der Waals surface area contributed by atoms with Crippen molar-refractivity contribution >= 4 is 0 Å². The van der Waals surface area contributed by atoms with Gasteiger partial charge in [0.1, 0.15) is 0 Å². The minimum absolute atomic E-state index is 0.530. The fourth-order valence-corrected chi connectivity index (χ4v) is 1.99. The molecule has 1 aromatic carbocycles. The standard InChI is InChI=1S/C13H19N5/c1-5-13(4,14)12-15-16-17-18(12)11-9(2)7-6-8-10(11)3/h6-8H,5,14H2,1-4H3. The third-order valence-corrected chi connectivity index (χ3v) is 3.37. The van der Waals surface area contributed by atoms with E-state index in [1.54, 1.807) is 4.68 Å². The molecule has 0 aliphatic carbocycles. The molecule has 0 spiro atoms. The van der Waals surface area contributed by atoms with Gasteiger partial charge >= 0.3 is 0 Å². The average molecular weight is 245 g/mol. The van der Waals surface area contributed by atoms with E-state index in [0.29, 0.717) is 5.82 Å². The highest BCUT2D eigenvalue weighted by Crippen LogP contribution is 2.24. The van der Waals surface area contributed by atoms with Gasteiger partial charge in [-0.2, -0.15) is 4.68 Å². The largest absolute Gasteiger partial charge is 0.319 e. The van der Waals surface area contributed by atoms with Gasteiger partial charge in [-0.05, 0) is 48.7 Å². The van der Waals surface area contributed by atoms with Crippen LogP contribution in [0.3, 0.4) is 0 Å². The number of aromatic nitrogens is 4. The van der Waals surface area contributed by atoms with Crippen LogP contribution in [0.4, 0.5) is 0 Å². The molecule has 0 fully saturated rings. The van der Waals surface area contributed by atoms with Gasteiger partial charge in [-0.3, -0.25) is 0 Å². The number of nitrogens with two attached hydrogens (primary N) is 1. The number of tetrazole rings is 1. The molecule has 5 nitrogen and oxygen atoms in total. The van der Waals surface area contributed by atoms with E-state index in [1.165, 1.54) is 0 Å². The summed E-state index contributed by atoms with van der Waals surface area (Å²) in [5.74, 6) is 0.697. The van der Waals surface area contributed by atoms with Crippen LogP contribution >= 0.6 is 0 Å². The van der Waals surface area contributed by atoms with Crippen molar-refractivity contribution in [3.8, 4) is 5.69 Å². The van der Waals surface area contributed by atoms with Gasteiger partial charge in [-0.25, -0.2) is 0 Å². The molecular formula is C13H19N5. The van der Waals surface area contributed by atoms with E-state index < -0.39 is 5.54 Å². The number of para-hydroxylation sites is 1. The molecule has 0 aliphatic heterocycles. The summed E-state index contributed by atoms with van der Waals surface area (Å²) in [6, 6.07) is 6.13. The van der Waals surface area contributed by atoms with Crippen molar-refractivity contribution in [2.24, 2.45) is 5.73 Å². The Morgan fingerprint density at radius 2 is 1.89 bits per heavy atom. The highest BCUT2D eigenvalue weighted by molar-refractivity contribution is 5.46.